The predicted octanol–water partition coefficient (Wildman–Crippen LogP) is 1.28. The first-order valence-electron chi connectivity index (χ1n) is 4.25. The minimum absolute atomic E-state index is 0.232. The molecule has 0 unspecified atom stereocenters. The quantitative estimate of drug-likeness (QED) is 0.648. The van der Waals surface area contributed by atoms with Crippen LogP contribution in [-0.4, -0.2) is 17.0 Å². The van der Waals surface area contributed by atoms with Crippen LogP contribution in [0, 0.1) is 0 Å². The lowest BCUT2D eigenvalue weighted by molar-refractivity contribution is -0.132. The molecule has 2 N–H and O–H groups in total. The van der Waals surface area contributed by atoms with Crippen molar-refractivity contribution in [2.75, 3.05) is 0 Å². The number of rotatable bonds is 4. The zero-order valence-corrected chi connectivity index (χ0v) is 8.18. The first kappa shape index (κ1) is 11.7. The fourth-order valence-electron chi connectivity index (χ4n) is 1.08. The van der Waals surface area contributed by atoms with E-state index < -0.39 is 5.97 Å². The molecule has 0 rings (SSSR count). The number of hydrogen-bond donors (Lipinski definition) is 2. The molecule has 0 aliphatic heterocycles. The van der Waals surface area contributed by atoms with Gasteiger partial charge in [0.25, 0.3) is 0 Å². The van der Waals surface area contributed by atoms with Gasteiger partial charge in [-0.1, -0.05) is 13.8 Å². The fraction of sp³-hybridized carbons (Fsp3) is 0.556. The summed E-state index contributed by atoms with van der Waals surface area (Å²) in [5.74, 6) is -1.20. The van der Waals surface area contributed by atoms with Crippen LogP contribution in [0.4, 0.5) is 0 Å². The van der Waals surface area contributed by atoms with E-state index in [4.69, 9.17) is 5.11 Å². The number of carbonyl (C=O) groups excluding carboxylic acids is 1. The molecule has 0 spiro atoms. The summed E-state index contributed by atoms with van der Waals surface area (Å²) in [7, 11) is 0. The minimum Gasteiger partial charge on any atom is -0.478 e. The van der Waals surface area contributed by atoms with E-state index in [1.165, 1.54) is 6.92 Å². The van der Waals surface area contributed by atoms with Gasteiger partial charge in [-0.25, -0.2) is 4.79 Å². The average Bonchev–Trinajstić information content (AvgIpc) is 2.02. The van der Waals surface area contributed by atoms with Crippen LogP contribution >= 0.6 is 0 Å². The third-order valence-electron chi connectivity index (χ3n) is 1.66. The van der Waals surface area contributed by atoms with Crippen LogP contribution in [0.1, 0.15) is 33.6 Å². The lowest BCUT2D eigenvalue weighted by Crippen LogP contribution is -2.22. The van der Waals surface area contributed by atoms with Crippen LogP contribution in [0.25, 0.3) is 0 Å². The van der Waals surface area contributed by atoms with E-state index >= 15 is 0 Å². The van der Waals surface area contributed by atoms with Crippen molar-refractivity contribution < 1.29 is 14.7 Å². The fourth-order valence-corrected chi connectivity index (χ4v) is 1.08. The molecular weight excluding hydrogens is 170 g/mol. The molecule has 0 aliphatic carbocycles. The molecule has 4 heteroatoms. The molecule has 13 heavy (non-hydrogen) atoms. The molecule has 0 saturated heterocycles. The largest absolute Gasteiger partial charge is 0.478 e. The van der Waals surface area contributed by atoms with Crippen molar-refractivity contribution in [1.82, 2.24) is 5.32 Å². The second kappa shape index (κ2) is 5.35. The van der Waals surface area contributed by atoms with Gasteiger partial charge in [0, 0.05) is 12.6 Å². The Morgan fingerprint density at radius 3 is 2.00 bits per heavy atom. The van der Waals surface area contributed by atoms with Gasteiger partial charge in [0.1, 0.15) is 0 Å². The molecule has 0 aliphatic rings. The minimum atomic E-state index is -0.965. The molecular formula is C9H15NO3. The zero-order chi connectivity index (χ0) is 10.4. The van der Waals surface area contributed by atoms with Crippen molar-refractivity contribution in [3.05, 3.63) is 11.3 Å². The summed E-state index contributed by atoms with van der Waals surface area (Å²) < 4.78 is 0. The van der Waals surface area contributed by atoms with Gasteiger partial charge in [-0.2, -0.15) is 0 Å². The summed E-state index contributed by atoms with van der Waals surface area (Å²) in [5.41, 5.74) is 0.778. The number of amides is 1. The van der Waals surface area contributed by atoms with E-state index in [0.717, 1.165) is 0 Å². The van der Waals surface area contributed by atoms with Crippen LogP contribution in [0.2, 0.25) is 0 Å². The Morgan fingerprint density at radius 2 is 1.77 bits per heavy atom. The highest BCUT2D eigenvalue weighted by Crippen LogP contribution is 2.09. The number of nitrogens with one attached hydrogen (secondary N) is 1. The van der Waals surface area contributed by atoms with E-state index in [0.29, 0.717) is 18.5 Å². The van der Waals surface area contributed by atoms with Crippen LogP contribution in [-0.2, 0) is 9.59 Å². The van der Waals surface area contributed by atoms with E-state index in [1.54, 1.807) is 6.92 Å². The number of carboxylic acid groups (broad SMARTS) is 1. The SMILES string of the molecule is CCC(NC(C)=O)=C(CC)C(=O)O. The summed E-state index contributed by atoms with van der Waals surface area (Å²) in [6.45, 7) is 4.93. The third kappa shape index (κ3) is 3.73. The monoisotopic (exact) mass is 185 g/mol. The average molecular weight is 185 g/mol. The predicted molar refractivity (Wildman–Crippen MR) is 49.1 cm³/mol. The molecule has 0 atom stereocenters. The third-order valence-corrected chi connectivity index (χ3v) is 1.66. The molecule has 0 aromatic carbocycles. The molecule has 0 fully saturated rings. The van der Waals surface area contributed by atoms with Crippen LogP contribution < -0.4 is 5.32 Å². The molecule has 0 saturated carbocycles. The number of carboxylic acids is 1. The van der Waals surface area contributed by atoms with Crippen LogP contribution in [0.5, 0.6) is 0 Å². The van der Waals surface area contributed by atoms with Gasteiger partial charge in [-0.15, -0.1) is 0 Å². The van der Waals surface area contributed by atoms with Crippen molar-refractivity contribution >= 4 is 11.9 Å². The van der Waals surface area contributed by atoms with Gasteiger partial charge in [0.05, 0.1) is 5.57 Å². The molecule has 0 heterocycles. The molecule has 0 radical (unpaired) electrons. The Hall–Kier alpha value is -1.32. The first-order chi connectivity index (χ1) is 6.02. The summed E-state index contributed by atoms with van der Waals surface area (Å²) in [6.07, 6.45) is 0.938. The second-order valence-electron chi connectivity index (χ2n) is 2.65. The summed E-state index contributed by atoms with van der Waals surface area (Å²) in [4.78, 5) is 21.4. The topological polar surface area (TPSA) is 66.4 Å². The first-order valence-corrected chi connectivity index (χ1v) is 4.25. The van der Waals surface area contributed by atoms with Gasteiger partial charge < -0.3 is 10.4 Å². The molecule has 0 aromatic heterocycles. The summed E-state index contributed by atoms with van der Waals surface area (Å²) in [5, 5.41) is 11.3. The number of aliphatic carboxylic acids is 1. The van der Waals surface area contributed by atoms with Gasteiger partial charge in [0.2, 0.25) is 5.91 Å². The molecule has 4 nitrogen and oxygen atoms in total. The van der Waals surface area contributed by atoms with E-state index in [2.05, 4.69) is 5.32 Å². The molecule has 74 valence electrons. The smallest absolute Gasteiger partial charge is 0.333 e. The highest BCUT2D eigenvalue weighted by molar-refractivity contribution is 5.88. The van der Waals surface area contributed by atoms with Crippen LogP contribution in [0.3, 0.4) is 0 Å². The molecule has 1 amide bonds. The van der Waals surface area contributed by atoms with Crippen molar-refractivity contribution in [2.24, 2.45) is 0 Å². The highest BCUT2D eigenvalue weighted by Gasteiger charge is 2.11. The Labute approximate surface area is 77.6 Å². The van der Waals surface area contributed by atoms with E-state index in [1.807, 2.05) is 6.92 Å². The highest BCUT2D eigenvalue weighted by atomic mass is 16.4. The maximum absolute atomic E-state index is 10.7. The van der Waals surface area contributed by atoms with E-state index in [-0.39, 0.29) is 11.5 Å². The van der Waals surface area contributed by atoms with Crippen molar-refractivity contribution in [2.45, 2.75) is 33.6 Å². The second-order valence-corrected chi connectivity index (χ2v) is 2.65. The summed E-state index contributed by atoms with van der Waals surface area (Å²) in [6, 6.07) is 0. The Bertz CT molecular complexity index is 243. The molecule has 0 bridgehead atoms. The van der Waals surface area contributed by atoms with Gasteiger partial charge in [0.15, 0.2) is 0 Å². The Morgan fingerprint density at radius 1 is 1.23 bits per heavy atom. The lowest BCUT2D eigenvalue weighted by Gasteiger charge is -2.09. The number of hydrogen-bond acceptors (Lipinski definition) is 2. The lowest BCUT2D eigenvalue weighted by atomic mass is 10.1. The Balaban J connectivity index is 4.82. The van der Waals surface area contributed by atoms with Crippen LogP contribution in [0.15, 0.2) is 11.3 Å². The maximum atomic E-state index is 10.7. The van der Waals surface area contributed by atoms with Gasteiger partial charge >= 0.3 is 5.97 Å². The maximum Gasteiger partial charge on any atom is 0.333 e. The zero-order valence-electron chi connectivity index (χ0n) is 8.18. The van der Waals surface area contributed by atoms with E-state index in [9.17, 15) is 9.59 Å². The summed E-state index contributed by atoms with van der Waals surface area (Å²) >= 11 is 0. The number of allylic oxidation sites excluding steroid dienone is 1. The molecule has 0 aromatic rings. The Kier molecular flexibility index (Phi) is 4.80. The van der Waals surface area contributed by atoms with Gasteiger partial charge in [-0.3, -0.25) is 4.79 Å². The van der Waals surface area contributed by atoms with Crippen molar-refractivity contribution in [3.8, 4) is 0 Å². The standard InChI is InChI=1S/C9H15NO3/c1-4-7(9(12)13)8(5-2)10-6(3)11/h4-5H2,1-3H3,(H,10,11)(H,12,13). The normalized spacial score (nSPS) is 11.9. The van der Waals surface area contributed by atoms with Crippen molar-refractivity contribution in [3.63, 3.8) is 0 Å². The van der Waals surface area contributed by atoms with Gasteiger partial charge in [-0.05, 0) is 12.8 Å². The number of carbonyl (C=O) groups is 2. The van der Waals surface area contributed by atoms with Crippen molar-refractivity contribution in [1.29, 1.82) is 0 Å².